The summed E-state index contributed by atoms with van der Waals surface area (Å²) < 4.78 is 40.3. The Morgan fingerprint density at radius 2 is 1.57 bits per heavy atom. The van der Waals surface area contributed by atoms with Crippen LogP contribution in [-0.2, 0) is 0 Å². The second-order valence-corrected chi connectivity index (χ2v) is 6.21. The highest BCUT2D eigenvalue weighted by atomic mass is 19.4. The largest absolute Gasteiger partial charge is 0.573 e. The maximum atomic E-state index is 12.1. The van der Waals surface area contributed by atoms with Gasteiger partial charge in [0.1, 0.15) is 5.75 Å². The summed E-state index contributed by atoms with van der Waals surface area (Å²) in [4.78, 5) is 0. The van der Waals surface area contributed by atoms with Crippen LogP contribution < -0.4 is 10.1 Å². The van der Waals surface area contributed by atoms with E-state index in [9.17, 15) is 13.2 Å². The zero-order chi connectivity index (χ0) is 15.0. The van der Waals surface area contributed by atoms with Gasteiger partial charge in [-0.3, -0.25) is 0 Å². The molecular formula is C16H20F3NO. The van der Waals surface area contributed by atoms with Gasteiger partial charge < -0.3 is 10.1 Å². The Labute approximate surface area is 122 Å². The van der Waals surface area contributed by atoms with Gasteiger partial charge in [-0.1, -0.05) is 12.1 Å². The number of nitrogens with one attached hydrogen (secondary N) is 1. The van der Waals surface area contributed by atoms with Gasteiger partial charge in [0.05, 0.1) is 0 Å². The third-order valence-corrected chi connectivity index (χ3v) is 4.32. The van der Waals surface area contributed by atoms with Crippen LogP contribution in [0.2, 0.25) is 0 Å². The zero-order valence-corrected chi connectivity index (χ0v) is 12.0. The average Bonchev–Trinajstić information content (AvgIpc) is 3.26. The molecule has 2 nitrogen and oxygen atoms in total. The topological polar surface area (TPSA) is 21.3 Å². The van der Waals surface area contributed by atoms with Crippen LogP contribution in [-0.4, -0.2) is 12.4 Å². The fourth-order valence-corrected chi connectivity index (χ4v) is 2.91. The van der Waals surface area contributed by atoms with E-state index in [2.05, 4.69) is 17.0 Å². The highest BCUT2D eigenvalue weighted by Gasteiger charge is 2.41. The molecule has 0 aliphatic heterocycles. The fourth-order valence-electron chi connectivity index (χ4n) is 2.91. The third-order valence-electron chi connectivity index (χ3n) is 4.32. The number of alkyl halides is 3. The van der Waals surface area contributed by atoms with Gasteiger partial charge in [0, 0.05) is 12.1 Å². The smallest absolute Gasteiger partial charge is 0.406 e. The van der Waals surface area contributed by atoms with Crippen LogP contribution in [0.3, 0.4) is 0 Å². The number of hydrogen-bond donors (Lipinski definition) is 1. The average molecular weight is 299 g/mol. The third kappa shape index (κ3) is 4.13. The Morgan fingerprint density at radius 1 is 1.05 bits per heavy atom. The molecule has 1 aromatic rings. The maximum Gasteiger partial charge on any atom is 0.573 e. The molecule has 0 heterocycles. The lowest BCUT2D eigenvalue weighted by atomic mass is 10.0. The van der Waals surface area contributed by atoms with Gasteiger partial charge in [0.2, 0.25) is 0 Å². The highest BCUT2D eigenvalue weighted by molar-refractivity contribution is 5.29. The lowest BCUT2D eigenvalue weighted by molar-refractivity contribution is -0.274. The summed E-state index contributed by atoms with van der Waals surface area (Å²) in [5, 5.41) is 3.66. The number of halogens is 3. The molecule has 1 unspecified atom stereocenters. The molecule has 116 valence electrons. The normalized spacial score (nSPS) is 20.6. The first-order valence-electron chi connectivity index (χ1n) is 7.54. The molecule has 2 aliphatic rings. The first-order chi connectivity index (χ1) is 9.92. The second-order valence-electron chi connectivity index (χ2n) is 6.21. The molecule has 2 saturated carbocycles. The minimum Gasteiger partial charge on any atom is -0.406 e. The van der Waals surface area contributed by atoms with Crippen LogP contribution in [0.25, 0.3) is 0 Å². The summed E-state index contributed by atoms with van der Waals surface area (Å²) in [6.07, 6.45) is 0.589. The molecule has 1 aromatic carbocycles. The monoisotopic (exact) mass is 299 g/mol. The van der Waals surface area contributed by atoms with Crippen molar-refractivity contribution in [1.82, 2.24) is 5.32 Å². The number of hydrogen-bond acceptors (Lipinski definition) is 2. The van der Waals surface area contributed by atoms with Gasteiger partial charge in [-0.2, -0.15) is 0 Å². The van der Waals surface area contributed by atoms with Crippen LogP contribution >= 0.6 is 0 Å². The Hall–Kier alpha value is -1.23. The molecule has 5 heteroatoms. The van der Waals surface area contributed by atoms with Gasteiger partial charge in [0.15, 0.2) is 0 Å². The highest BCUT2D eigenvalue weighted by Crippen LogP contribution is 2.45. The van der Waals surface area contributed by atoms with Gasteiger partial charge in [-0.15, -0.1) is 13.2 Å². The van der Waals surface area contributed by atoms with Gasteiger partial charge in [-0.05, 0) is 62.1 Å². The van der Waals surface area contributed by atoms with Crippen molar-refractivity contribution in [2.24, 2.45) is 11.8 Å². The first-order valence-corrected chi connectivity index (χ1v) is 7.54. The SMILES string of the molecule is CC(NC(C1CC1)C1CC1)c1ccc(OC(F)(F)F)cc1. The van der Waals surface area contributed by atoms with Crippen molar-refractivity contribution in [2.45, 2.75) is 51.1 Å². The molecule has 0 spiro atoms. The summed E-state index contributed by atoms with van der Waals surface area (Å²) in [6.45, 7) is 2.07. The van der Waals surface area contributed by atoms with Gasteiger partial charge in [0.25, 0.3) is 0 Å². The minimum absolute atomic E-state index is 0.149. The van der Waals surface area contributed by atoms with Crippen molar-refractivity contribution in [3.63, 3.8) is 0 Å². The molecule has 2 aliphatic carbocycles. The van der Waals surface area contributed by atoms with E-state index in [1.165, 1.54) is 37.8 Å². The molecule has 2 fully saturated rings. The summed E-state index contributed by atoms with van der Waals surface area (Å²) in [5.74, 6) is 1.43. The van der Waals surface area contributed by atoms with E-state index in [0.717, 1.165) is 17.4 Å². The van der Waals surface area contributed by atoms with Crippen molar-refractivity contribution in [3.8, 4) is 5.75 Å². The Balaban J connectivity index is 1.60. The summed E-state index contributed by atoms with van der Waals surface area (Å²) in [6, 6.07) is 6.89. The zero-order valence-electron chi connectivity index (χ0n) is 12.0. The van der Waals surface area contributed by atoms with Gasteiger partial charge >= 0.3 is 6.36 Å². The first kappa shape index (κ1) is 14.7. The van der Waals surface area contributed by atoms with E-state index in [-0.39, 0.29) is 11.8 Å². The van der Waals surface area contributed by atoms with Crippen molar-refractivity contribution in [2.75, 3.05) is 0 Å². The molecule has 3 rings (SSSR count). The maximum absolute atomic E-state index is 12.1. The molecule has 0 aromatic heterocycles. The van der Waals surface area contributed by atoms with E-state index in [4.69, 9.17) is 0 Å². The minimum atomic E-state index is -4.63. The molecule has 0 amide bonds. The molecule has 21 heavy (non-hydrogen) atoms. The standard InChI is InChI=1S/C16H20F3NO/c1-10(20-15(12-2-3-12)13-4-5-13)11-6-8-14(9-7-11)21-16(17,18)19/h6-10,12-13,15,20H,2-5H2,1H3. The number of benzene rings is 1. The lowest BCUT2D eigenvalue weighted by Crippen LogP contribution is -2.35. The van der Waals surface area contributed by atoms with E-state index < -0.39 is 6.36 Å². The summed E-state index contributed by atoms with van der Waals surface area (Å²) in [5.41, 5.74) is 0.996. The predicted molar refractivity (Wildman–Crippen MR) is 73.9 cm³/mol. The molecule has 0 bridgehead atoms. The molecule has 1 atom stereocenters. The van der Waals surface area contributed by atoms with Gasteiger partial charge in [-0.25, -0.2) is 0 Å². The lowest BCUT2D eigenvalue weighted by Gasteiger charge is -2.23. The van der Waals surface area contributed by atoms with E-state index in [0.29, 0.717) is 6.04 Å². The predicted octanol–water partition coefficient (Wildman–Crippen LogP) is 4.42. The number of ether oxygens (including phenoxy) is 1. The van der Waals surface area contributed by atoms with Crippen molar-refractivity contribution >= 4 is 0 Å². The fraction of sp³-hybridized carbons (Fsp3) is 0.625. The van der Waals surface area contributed by atoms with Crippen molar-refractivity contribution < 1.29 is 17.9 Å². The Morgan fingerprint density at radius 3 is 2.00 bits per heavy atom. The van der Waals surface area contributed by atoms with Crippen LogP contribution in [0, 0.1) is 11.8 Å². The van der Waals surface area contributed by atoms with Crippen molar-refractivity contribution in [1.29, 1.82) is 0 Å². The van der Waals surface area contributed by atoms with Crippen LogP contribution in [0.5, 0.6) is 5.75 Å². The van der Waals surface area contributed by atoms with Crippen molar-refractivity contribution in [3.05, 3.63) is 29.8 Å². The van der Waals surface area contributed by atoms with E-state index in [1.54, 1.807) is 12.1 Å². The molecule has 0 radical (unpaired) electrons. The second kappa shape index (κ2) is 5.52. The van der Waals surface area contributed by atoms with E-state index in [1.807, 2.05) is 0 Å². The summed E-state index contributed by atoms with van der Waals surface area (Å²) >= 11 is 0. The number of rotatable bonds is 6. The Kier molecular flexibility index (Phi) is 3.86. The molecule has 1 N–H and O–H groups in total. The molecular weight excluding hydrogens is 279 g/mol. The van der Waals surface area contributed by atoms with Crippen LogP contribution in [0.15, 0.2) is 24.3 Å². The molecule has 0 saturated heterocycles. The quantitative estimate of drug-likeness (QED) is 0.839. The van der Waals surface area contributed by atoms with Crippen LogP contribution in [0.4, 0.5) is 13.2 Å². The summed E-state index contributed by atoms with van der Waals surface area (Å²) in [7, 11) is 0. The Bertz CT molecular complexity index is 465. The van der Waals surface area contributed by atoms with Crippen LogP contribution in [0.1, 0.15) is 44.2 Å². The van der Waals surface area contributed by atoms with E-state index >= 15 is 0 Å².